The summed E-state index contributed by atoms with van der Waals surface area (Å²) in [4.78, 5) is 22.1. The molecule has 4 nitrogen and oxygen atoms in total. The Morgan fingerprint density at radius 3 is 2.67 bits per heavy atom. The van der Waals surface area contributed by atoms with Gasteiger partial charge >= 0.3 is 5.97 Å². The molecule has 0 aliphatic heterocycles. The third-order valence-electron chi connectivity index (χ3n) is 2.07. The van der Waals surface area contributed by atoms with Gasteiger partial charge in [0.2, 0.25) is 0 Å². The first-order chi connectivity index (χ1) is 7.15. The number of carbonyl (C=O) groups is 2. The van der Waals surface area contributed by atoms with E-state index in [0.717, 1.165) is 0 Å². The molecule has 0 bridgehead atoms. The van der Waals surface area contributed by atoms with Crippen molar-refractivity contribution in [2.75, 3.05) is 7.11 Å². The fourth-order valence-corrected chi connectivity index (χ4v) is 1.31. The maximum absolute atomic E-state index is 11.4. The molecular weight excluding hydrogens is 194 g/mol. The average Bonchev–Trinajstić information content (AvgIpc) is 2.27. The van der Waals surface area contributed by atoms with Crippen LogP contribution in [0.4, 0.5) is 0 Å². The summed E-state index contributed by atoms with van der Waals surface area (Å²) >= 11 is 0. The molecule has 0 aliphatic rings. The summed E-state index contributed by atoms with van der Waals surface area (Å²) in [5.41, 5.74) is 1.04. The fraction of sp³-hybridized carbons (Fsp3) is 0.182. The van der Waals surface area contributed by atoms with Gasteiger partial charge in [-0.15, -0.1) is 0 Å². The SMILES string of the molecule is COC(=O)c1c(C)ccc(C=O)c1C#N. The largest absolute Gasteiger partial charge is 0.465 e. The number of carbonyl (C=O) groups excluding carboxylic acids is 2. The fourth-order valence-electron chi connectivity index (χ4n) is 1.31. The van der Waals surface area contributed by atoms with Crippen molar-refractivity contribution in [3.8, 4) is 6.07 Å². The van der Waals surface area contributed by atoms with Crippen molar-refractivity contribution in [1.29, 1.82) is 5.26 Å². The molecule has 0 N–H and O–H groups in total. The third kappa shape index (κ3) is 1.86. The van der Waals surface area contributed by atoms with E-state index in [1.165, 1.54) is 13.2 Å². The zero-order valence-corrected chi connectivity index (χ0v) is 8.40. The topological polar surface area (TPSA) is 67.2 Å². The molecule has 1 rings (SSSR count). The number of hydrogen-bond donors (Lipinski definition) is 0. The second-order valence-electron chi connectivity index (χ2n) is 2.94. The van der Waals surface area contributed by atoms with Gasteiger partial charge in [-0.3, -0.25) is 4.79 Å². The van der Waals surface area contributed by atoms with Crippen LogP contribution in [0, 0.1) is 18.3 Å². The summed E-state index contributed by atoms with van der Waals surface area (Å²) in [5, 5.41) is 8.88. The molecule has 1 aromatic rings. The lowest BCUT2D eigenvalue weighted by Gasteiger charge is -2.07. The standard InChI is InChI=1S/C11H9NO3/c1-7-3-4-8(6-13)9(5-12)10(7)11(14)15-2/h3-4,6H,1-2H3. The second-order valence-corrected chi connectivity index (χ2v) is 2.94. The van der Waals surface area contributed by atoms with Crippen LogP contribution in [0.1, 0.15) is 31.8 Å². The van der Waals surface area contributed by atoms with E-state index in [1.54, 1.807) is 13.0 Å². The van der Waals surface area contributed by atoms with Crippen molar-refractivity contribution in [3.63, 3.8) is 0 Å². The van der Waals surface area contributed by atoms with Crippen LogP contribution in [0.5, 0.6) is 0 Å². The summed E-state index contributed by atoms with van der Waals surface area (Å²) in [5.74, 6) is -0.604. The monoisotopic (exact) mass is 203 g/mol. The van der Waals surface area contributed by atoms with E-state index in [2.05, 4.69) is 4.74 Å². The Kier molecular flexibility index (Phi) is 3.19. The lowest BCUT2D eigenvalue weighted by Crippen LogP contribution is -2.08. The van der Waals surface area contributed by atoms with Crippen molar-refractivity contribution in [1.82, 2.24) is 0 Å². The van der Waals surface area contributed by atoms with Gasteiger partial charge in [0.25, 0.3) is 0 Å². The number of ether oxygens (including phenoxy) is 1. The molecule has 0 spiro atoms. The molecular formula is C11H9NO3. The number of methoxy groups -OCH3 is 1. The molecule has 76 valence electrons. The minimum Gasteiger partial charge on any atom is -0.465 e. The zero-order chi connectivity index (χ0) is 11.4. The van der Waals surface area contributed by atoms with Gasteiger partial charge in [0, 0.05) is 5.56 Å². The Morgan fingerprint density at radius 2 is 2.20 bits per heavy atom. The summed E-state index contributed by atoms with van der Waals surface area (Å²) in [6.45, 7) is 1.68. The van der Waals surface area contributed by atoms with Gasteiger partial charge < -0.3 is 4.74 Å². The highest BCUT2D eigenvalue weighted by Gasteiger charge is 2.17. The number of hydrogen-bond acceptors (Lipinski definition) is 4. The van der Waals surface area contributed by atoms with Crippen molar-refractivity contribution in [2.45, 2.75) is 6.92 Å². The van der Waals surface area contributed by atoms with Crippen LogP contribution >= 0.6 is 0 Å². The maximum atomic E-state index is 11.4. The van der Waals surface area contributed by atoms with Crippen LogP contribution in [-0.4, -0.2) is 19.4 Å². The number of esters is 1. The van der Waals surface area contributed by atoms with Gasteiger partial charge in [-0.25, -0.2) is 4.79 Å². The highest BCUT2D eigenvalue weighted by Crippen LogP contribution is 2.18. The Balaban J connectivity index is 3.54. The van der Waals surface area contributed by atoms with Crippen LogP contribution in [0.3, 0.4) is 0 Å². The summed E-state index contributed by atoms with van der Waals surface area (Å²) in [6.07, 6.45) is 0.546. The zero-order valence-electron chi connectivity index (χ0n) is 8.40. The van der Waals surface area contributed by atoms with E-state index in [0.29, 0.717) is 11.8 Å². The Bertz CT molecular complexity index is 458. The van der Waals surface area contributed by atoms with Crippen LogP contribution in [0.25, 0.3) is 0 Å². The minimum absolute atomic E-state index is 0.0665. The predicted molar refractivity (Wildman–Crippen MR) is 52.6 cm³/mol. The van der Waals surface area contributed by atoms with Gasteiger partial charge in [-0.1, -0.05) is 12.1 Å². The van der Waals surface area contributed by atoms with Gasteiger partial charge in [0.05, 0.1) is 18.2 Å². The number of aldehydes is 1. The Morgan fingerprint density at radius 1 is 1.53 bits per heavy atom. The lowest BCUT2D eigenvalue weighted by atomic mass is 9.98. The van der Waals surface area contributed by atoms with Crippen molar-refractivity contribution >= 4 is 12.3 Å². The number of nitrogens with zero attached hydrogens (tertiary/aromatic N) is 1. The molecule has 0 amide bonds. The third-order valence-corrected chi connectivity index (χ3v) is 2.07. The van der Waals surface area contributed by atoms with Crippen LogP contribution < -0.4 is 0 Å². The Labute approximate surface area is 87.1 Å². The molecule has 0 radical (unpaired) electrons. The van der Waals surface area contributed by atoms with Gasteiger partial charge in [-0.2, -0.15) is 5.26 Å². The number of benzene rings is 1. The summed E-state index contributed by atoms with van der Waals surface area (Å²) in [6, 6.07) is 4.95. The average molecular weight is 203 g/mol. The van der Waals surface area contributed by atoms with Crippen LogP contribution in [0.2, 0.25) is 0 Å². The van der Waals surface area contributed by atoms with E-state index >= 15 is 0 Å². The molecule has 15 heavy (non-hydrogen) atoms. The first-order valence-corrected chi connectivity index (χ1v) is 4.23. The molecule has 4 heteroatoms. The number of rotatable bonds is 2. The molecule has 0 aromatic heterocycles. The Hall–Kier alpha value is -2.15. The first kappa shape index (κ1) is 10.9. The highest BCUT2D eigenvalue weighted by atomic mass is 16.5. The summed E-state index contributed by atoms with van der Waals surface area (Å²) in [7, 11) is 1.23. The van der Waals surface area contributed by atoms with E-state index < -0.39 is 5.97 Å². The van der Waals surface area contributed by atoms with E-state index in [-0.39, 0.29) is 16.7 Å². The molecule has 0 heterocycles. The van der Waals surface area contributed by atoms with Crippen molar-refractivity contribution in [3.05, 3.63) is 34.4 Å². The summed E-state index contributed by atoms with van der Waals surface area (Å²) < 4.78 is 4.55. The number of nitriles is 1. The molecule has 0 unspecified atom stereocenters. The van der Waals surface area contributed by atoms with Gasteiger partial charge in [0.15, 0.2) is 6.29 Å². The lowest BCUT2D eigenvalue weighted by molar-refractivity contribution is 0.0599. The van der Waals surface area contributed by atoms with Crippen LogP contribution in [-0.2, 0) is 4.74 Å². The van der Waals surface area contributed by atoms with E-state index in [4.69, 9.17) is 5.26 Å². The number of aryl methyl sites for hydroxylation is 1. The van der Waals surface area contributed by atoms with Gasteiger partial charge in [-0.05, 0) is 12.5 Å². The minimum atomic E-state index is -0.604. The molecule has 1 aromatic carbocycles. The van der Waals surface area contributed by atoms with Gasteiger partial charge in [0.1, 0.15) is 6.07 Å². The molecule has 0 saturated carbocycles. The van der Waals surface area contributed by atoms with Crippen molar-refractivity contribution in [2.24, 2.45) is 0 Å². The predicted octanol–water partition coefficient (Wildman–Crippen LogP) is 1.47. The van der Waals surface area contributed by atoms with Crippen molar-refractivity contribution < 1.29 is 14.3 Å². The molecule has 0 atom stereocenters. The van der Waals surface area contributed by atoms with Crippen LogP contribution in [0.15, 0.2) is 12.1 Å². The highest BCUT2D eigenvalue weighted by molar-refractivity contribution is 5.97. The second kappa shape index (κ2) is 4.38. The molecule has 0 aliphatic carbocycles. The quantitative estimate of drug-likeness (QED) is 0.539. The smallest absolute Gasteiger partial charge is 0.339 e. The molecule has 0 saturated heterocycles. The first-order valence-electron chi connectivity index (χ1n) is 4.23. The van der Waals surface area contributed by atoms with E-state index in [9.17, 15) is 9.59 Å². The van der Waals surface area contributed by atoms with E-state index in [1.807, 2.05) is 6.07 Å². The maximum Gasteiger partial charge on any atom is 0.339 e. The molecule has 0 fully saturated rings. The normalized spacial score (nSPS) is 9.13.